The van der Waals surface area contributed by atoms with Crippen LogP contribution in [0.15, 0.2) is 114 Å². The van der Waals surface area contributed by atoms with E-state index < -0.39 is 35.7 Å². The fraction of sp³-hybridized carbons (Fsp3) is 0.275. The predicted molar refractivity (Wildman–Crippen MR) is 187 cm³/mol. The maximum Gasteiger partial charge on any atom is 0.276 e. The Morgan fingerprint density at radius 2 is 1.52 bits per heavy atom. The van der Waals surface area contributed by atoms with Gasteiger partial charge in [0, 0.05) is 39.8 Å². The number of para-hydroxylation sites is 1. The normalized spacial score (nSPS) is 17.0. The fourth-order valence-corrected chi connectivity index (χ4v) is 6.47. The number of benzodiazepines with no additional fused rings is 1. The van der Waals surface area contributed by atoms with Crippen LogP contribution in [0.2, 0.25) is 0 Å². The van der Waals surface area contributed by atoms with Crippen molar-refractivity contribution in [1.29, 1.82) is 0 Å². The Bertz CT molecular complexity index is 1830. The molecule has 2 aliphatic rings. The Hall–Kier alpha value is -5.37. The standard InChI is InChI=1S/C40H40N4O4/c1-2-3-19-31(37(41)46)33(24-26-22-23-26)39(47)43-38-40(48)44(30-18-12-17-29(25-30)36(45)28-15-8-5-9-16-28)34-21-11-10-20-32(34)35(42-38)27-13-6-4-7-14-27/h4-18,20-21,25-26,31,33,38H,2-3,19,22-24H2,1H3,(H2,41,46)(H,43,47)/t31-,33+,38?/m0/s1. The monoisotopic (exact) mass is 640 g/mol. The van der Waals surface area contributed by atoms with Gasteiger partial charge in [-0.1, -0.05) is 124 Å². The number of carbonyl (C=O) groups is 4. The number of primary amides is 1. The van der Waals surface area contributed by atoms with Crippen LogP contribution in [0.25, 0.3) is 0 Å². The van der Waals surface area contributed by atoms with Crippen molar-refractivity contribution in [2.45, 2.75) is 51.6 Å². The summed E-state index contributed by atoms with van der Waals surface area (Å²) in [5, 5.41) is 2.96. The van der Waals surface area contributed by atoms with Crippen LogP contribution in [0.1, 0.15) is 72.5 Å². The van der Waals surface area contributed by atoms with Gasteiger partial charge in [0.2, 0.25) is 18.0 Å². The van der Waals surface area contributed by atoms with Crippen LogP contribution in [0, 0.1) is 17.8 Å². The van der Waals surface area contributed by atoms with Gasteiger partial charge in [-0.15, -0.1) is 0 Å². The summed E-state index contributed by atoms with van der Waals surface area (Å²) >= 11 is 0. The minimum Gasteiger partial charge on any atom is -0.369 e. The van der Waals surface area contributed by atoms with Gasteiger partial charge in [-0.3, -0.25) is 24.1 Å². The maximum atomic E-state index is 14.7. The zero-order valence-electron chi connectivity index (χ0n) is 27.0. The summed E-state index contributed by atoms with van der Waals surface area (Å²) in [6, 6.07) is 32.9. The molecule has 3 amide bonds. The van der Waals surface area contributed by atoms with Gasteiger partial charge in [0.05, 0.1) is 11.4 Å². The average Bonchev–Trinajstić information content (AvgIpc) is 3.95. The highest BCUT2D eigenvalue weighted by atomic mass is 16.2. The molecule has 3 atom stereocenters. The third-order valence-corrected chi connectivity index (χ3v) is 9.18. The highest BCUT2D eigenvalue weighted by molar-refractivity contribution is 6.22. The van der Waals surface area contributed by atoms with Crippen molar-refractivity contribution in [3.05, 3.63) is 131 Å². The van der Waals surface area contributed by atoms with Crippen LogP contribution in [0.5, 0.6) is 0 Å². The van der Waals surface area contributed by atoms with Gasteiger partial charge in [-0.2, -0.15) is 0 Å². The Kier molecular flexibility index (Phi) is 9.90. The lowest BCUT2D eigenvalue weighted by Crippen LogP contribution is -2.50. The molecule has 48 heavy (non-hydrogen) atoms. The van der Waals surface area contributed by atoms with E-state index in [4.69, 9.17) is 10.7 Å². The molecule has 0 radical (unpaired) electrons. The molecule has 0 bridgehead atoms. The number of nitrogens with two attached hydrogens (primary N) is 1. The number of carbonyl (C=O) groups excluding carboxylic acids is 4. The van der Waals surface area contributed by atoms with Gasteiger partial charge in [0.1, 0.15) is 0 Å². The molecule has 244 valence electrons. The van der Waals surface area contributed by atoms with Gasteiger partial charge < -0.3 is 11.1 Å². The number of ketones is 1. The third kappa shape index (κ3) is 7.13. The number of anilines is 2. The molecular formula is C40H40N4O4. The van der Waals surface area contributed by atoms with Crippen molar-refractivity contribution in [3.8, 4) is 0 Å². The van der Waals surface area contributed by atoms with Gasteiger partial charge in [0.25, 0.3) is 5.91 Å². The number of hydrogen-bond acceptors (Lipinski definition) is 5. The Balaban J connectivity index is 1.43. The second-order valence-corrected chi connectivity index (χ2v) is 12.6. The molecule has 0 spiro atoms. The van der Waals surface area contributed by atoms with Gasteiger partial charge in [-0.05, 0) is 37.0 Å². The minimum absolute atomic E-state index is 0.174. The van der Waals surface area contributed by atoms with Crippen LogP contribution in [0.4, 0.5) is 11.4 Å². The van der Waals surface area contributed by atoms with Gasteiger partial charge in [-0.25, -0.2) is 4.99 Å². The van der Waals surface area contributed by atoms with Crippen LogP contribution in [-0.4, -0.2) is 35.4 Å². The Morgan fingerprint density at radius 3 is 2.21 bits per heavy atom. The summed E-state index contributed by atoms with van der Waals surface area (Å²) in [6.07, 6.45) is 3.37. The van der Waals surface area contributed by atoms with E-state index in [1.54, 1.807) is 36.4 Å². The fourth-order valence-electron chi connectivity index (χ4n) is 6.47. The molecule has 1 heterocycles. The summed E-state index contributed by atoms with van der Waals surface area (Å²) in [4.78, 5) is 61.6. The summed E-state index contributed by atoms with van der Waals surface area (Å²) < 4.78 is 0. The molecule has 3 N–H and O–H groups in total. The topological polar surface area (TPSA) is 122 Å². The second-order valence-electron chi connectivity index (χ2n) is 12.6. The van der Waals surface area contributed by atoms with E-state index in [0.29, 0.717) is 52.5 Å². The molecule has 8 nitrogen and oxygen atoms in total. The smallest absolute Gasteiger partial charge is 0.276 e. The Labute approximate surface area is 281 Å². The number of nitrogens with zero attached hydrogens (tertiary/aromatic N) is 2. The van der Waals surface area contributed by atoms with E-state index >= 15 is 0 Å². The van der Waals surface area contributed by atoms with Crippen LogP contribution >= 0.6 is 0 Å². The first-order valence-corrected chi connectivity index (χ1v) is 16.7. The van der Waals surface area contributed by atoms with E-state index in [0.717, 1.165) is 31.2 Å². The van der Waals surface area contributed by atoms with E-state index in [1.807, 2.05) is 79.7 Å². The number of amides is 3. The van der Waals surface area contributed by atoms with Crippen molar-refractivity contribution in [1.82, 2.24) is 5.32 Å². The number of nitrogens with one attached hydrogen (secondary N) is 1. The molecule has 8 heteroatoms. The second kappa shape index (κ2) is 14.6. The van der Waals surface area contributed by atoms with E-state index in [-0.39, 0.29) is 5.78 Å². The molecule has 0 saturated heterocycles. The number of rotatable bonds is 13. The zero-order chi connectivity index (χ0) is 33.6. The van der Waals surface area contributed by atoms with Gasteiger partial charge in [0.15, 0.2) is 5.78 Å². The highest BCUT2D eigenvalue weighted by Gasteiger charge is 2.40. The molecule has 4 aromatic rings. The minimum atomic E-state index is -1.31. The summed E-state index contributed by atoms with van der Waals surface area (Å²) in [5.41, 5.74) is 9.88. The summed E-state index contributed by atoms with van der Waals surface area (Å²) in [5.74, 6) is -2.53. The lowest BCUT2D eigenvalue weighted by molar-refractivity contribution is -0.135. The van der Waals surface area contributed by atoms with E-state index in [2.05, 4.69) is 5.32 Å². The van der Waals surface area contributed by atoms with Crippen LogP contribution in [0.3, 0.4) is 0 Å². The van der Waals surface area contributed by atoms with Crippen molar-refractivity contribution in [2.75, 3.05) is 4.90 Å². The molecule has 6 rings (SSSR count). The maximum absolute atomic E-state index is 14.7. The number of aliphatic imine (C=N–C) groups is 1. The number of benzene rings is 4. The molecule has 0 aromatic heterocycles. The summed E-state index contributed by atoms with van der Waals surface area (Å²) in [6.45, 7) is 2.03. The van der Waals surface area contributed by atoms with Gasteiger partial charge >= 0.3 is 0 Å². The molecular weight excluding hydrogens is 600 g/mol. The molecule has 1 unspecified atom stereocenters. The van der Waals surface area contributed by atoms with Crippen molar-refractivity contribution in [2.24, 2.45) is 28.5 Å². The number of unbranched alkanes of at least 4 members (excludes halogenated alkanes) is 1. The average molecular weight is 641 g/mol. The largest absolute Gasteiger partial charge is 0.369 e. The molecule has 1 aliphatic carbocycles. The molecule has 1 saturated carbocycles. The van der Waals surface area contributed by atoms with Crippen molar-refractivity contribution >= 4 is 40.6 Å². The van der Waals surface area contributed by atoms with Crippen LogP contribution < -0.4 is 16.0 Å². The number of hydrogen-bond donors (Lipinski definition) is 2. The molecule has 1 fully saturated rings. The lowest BCUT2D eigenvalue weighted by Gasteiger charge is -2.28. The lowest BCUT2D eigenvalue weighted by atomic mass is 9.83. The van der Waals surface area contributed by atoms with E-state index in [1.165, 1.54) is 4.90 Å². The molecule has 1 aliphatic heterocycles. The Morgan fingerprint density at radius 1 is 0.854 bits per heavy atom. The third-order valence-electron chi connectivity index (χ3n) is 9.18. The first kappa shape index (κ1) is 32.6. The zero-order valence-corrected chi connectivity index (χ0v) is 27.0. The van der Waals surface area contributed by atoms with Crippen LogP contribution in [-0.2, 0) is 14.4 Å². The number of fused-ring (bicyclic) bond motifs is 1. The summed E-state index contributed by atoms with van der Waals surface area (Å²) in [7, 11) is 0. The first-order chi connectivity index (χ1) is 23.4. The SMILES string of the molecule is CCCC[C@H](C(N)=O)[C@@H](CC1CC1)C(=O)NC1N=C(c2ccccc2)c2ccccc2N(c2cccc(C(=O)c3ccccc3)c2)C1=O. The first-order valence-electron chi connectivity index (χ1n) is 16.7. The quantitative estimate of drug-likeness (QED) is 0.160. The highest BCUT2D eigenvalue weighted by Crippen LogP contribution is 2.39. The van der Waals surface area contributed by atoms with Crippen molar-refractivity contribution in [3.63, 3.8) is 0 Å². The van der Waals surface area contributed by atoms with E-state index in [9.17, 15) is 19.2 Å². The van der Waals surface area contributed by atoms with Crippen molar-refractivity contribution < 1.29 is 19.2 Å². The molecule has 4 aromatic carbocycles. The predicted octanol–water partition coefficient (Wildman–Crippen LogP) is 6.58.